The second-order valence-electron chi connectivity index (χ2n) is 8.24. The molecule has 168 valence electrons. The van der Waals surface area contributed by atoms with E-state index >= 15 is 0 Å². The van der Waals surface area contributed by atoms with E-state index in [-0.39, 0.29) is 11.9 Å². The van der Waals surface area contributed by atoms with Crippen molar-refractivity contribution >= 4 is 11.6 Å². The SMILES string of the molecule is CCCCOc1cc(C(=O)N(c2ccccc2)C2CCCCC2)cc(OCCCC)n1. The summed E-state index contributed by atoms with van der Waals surface area (Å²) in [6, 6.07) is 13.8. The monoisotopic (exact) mass is 424 g/mol. The van der Waals surface area contributed by atoms with Gasteiger partial charge in [0.05, 0.1) is 18.8 Å². The molecule has 0 radical (unpaired) electrons. The first kappa shape index (κ1) is 23.1. The number of hydrogen-bond donors (Lipinski definition) is 0. The van der Waals surface area contributed by atoms with Crippen molar-refractivity contribution in [2.75, 3.05) is 18.1 Å². The van der Waals surface area contributed by atoms with E-state index in [0.717, 1.165) is 57.1 Å². The molecule has 2 aromatic rings. The second kappa shape index (κ2) is 12.3. The van der Waals surface area contributed by atoms with E-state index in [1.165, 1.54) is 6.42 Å². The molecule has 0 atom stereocenters. The van der Waals surface area contributed by atoms with Gasteiger partial charge in [0.2, 0.25) is 11.8 Å². The van der Waals surface area contributed by atoms with Gasteiger partial charge in [-0.05, 0) is 37.8 Å². The van der Waals surface area contributed by atoms with Crippen molar-refractivity contribution in [1.82, 2.24) is 4.98 Å². The predicted octanol–water partition coefficient (Wildman–Crippen LogP) is 6.42. The number of hydrogen-bond acceptors (Lipinski definition) is 4. The summed E-state index contributed by atoms with van der Waals surface area (Å²) >= 11 is 0. The molecule has 0 unspecified atom stereocenters. The Bertz CT molecular complexity index is 775. The van der Waals surface area contributed by atoms with E-state index in [9.17, 15) is 4.79 Å². The summed E-state index contributed by atoms with van der Waals surface area (Å²) in [5.41, 5.74) is 1.51. The molecular weight excluding hydrogens is 388 g/mol. The van der Waals surface area contributed by atoms with Gasteiger partial charge in [0.15, 0.2) is 0 Å². The van der Waals surface area contributed by atoms with Crippen LogP contribution < -0.4 is 14.4 Å². The van der Waals surface area contributed by atoms with Crippen LogP contribution in [0.2, 0.25) is 0 Å². The largest absolute Gasteiger partial charge is 0.478 e. The summed E-state index contributed by atoms with van der Waals surface area (Å²) in [7, 11) is 0. The van der Waals surface area contributed by atoms with Crippen molar-refractivity contribution in [3.63, 3.8) is 0 Å². The number of para-hydroxylation sites is 1. The molecule has 0 saturated heterocycles. The van der Waals surface area contributed by atoms with E-state index in [0.29, 0.717) is 30.5 Å². The lowest BCUT2D eigenvalue weighted by molar-refractivity contribution is 0.0969. The molecule has 1 aromatic heterocycles. The third-order valence-electron chi connectivity index (χ3n) is 5.71. The van der Waals surface area contributed by atoms with Crippen molar-refractivity contribution in [1.29, 1.82) is 0 Å². The predicted molar refractivity (Wildman–Crippen MR) is 125 cm³/mol. The minimum atomic E-state index is -0.0128. The average Bonchev–Trinajstić information content (AvgIpc) is 2.81. The highest BCUT2D eigenvalue weighted by Gasteiger charge is 2.28. The van der Waals surface area contributed by atoms with Crippen LogP contribution in [0.3, 0.4) is 0 Å². The molecule has 1 aliphatic rings. The quantitative estimate of drug-likeness (QED) is 0.391. The molecule has 1 aliphatic carbocycles. The highest BCUT2D eigenvalue weighted by Crippen LogP contribution is 2.30. The molecule has 1 heterocycles. The number of pyridine rings is 1. The molecule has 0 bridgehead atoms. The van der Waals surface area contributed by atoms with Gasteiger partial charge >= 0.3 is 0 Å². The van der Waals surface area contributed by atoms with Gasteiger partial charge in [-0.3, -0.25) is 4.79 Å². The number of rotatable bonds is 11. The normalized spacial score (nSPS) is 14.3. The fourth-order valence-electron chi connectivity index (χ4n) is 3.96. The first-order valence-electron chi connectivity index (χ1n) is 11.9. The molecule has 31 heavy (non-hydrogen) atoms. The van der Waals surface area contributed by atoms with E-state index in [1.807, 2.05) is 35.2 Å². The van der Waals surface area contributed by atoms with Gasteiger partial charge in [0, 0.05) is 23.9 Å². The van der Waals surface area contributed by atoms with E-state index in [4.69, 9.17) is 9.47 Å². The van der Waals surface area contributed by atoms with Crippen molar-refractivity contribution in [3.8, 4) is 11.8 Å². The Morgan fingerprint density at radius 1 is 0.935 bits per heavy atom. The Labute approximate surface area is 186 Å². The van der Waals surface area contributed by atoms with Crippen LogP contribution in [0.5, 0.6) is 11.8 Å². The molecule has 3 rings (SSSR count). The number of ether oxygens (including phenoxy) is 2. The van der Waals surface area contributed by atoms with Crippen LogP contribution in [0.1, 0.15) is 82.0 Å². The fraction of sp³-hybridized carbons (Fsp3) is 0.538. The van der Waals surface area contributed by atoms with Gasteiger partial charge in [-0.2, -0.15) is 4.98 Å². The van der Waals surface area contributed by atoms with Crippen LogP contribution in [0.15, 0.2) is 42.5 Å². The lowest BCUT2D eigenvalue weighted by Crippen LogP contribution is -2.41. The molecular formula is C26H36N2O3. The molecule has 1 aromatic carbocycles. The van der Waals surface area contributed by atoms with Crippen LogP contribution in [0.25, 0.3) is 0 Å². The number of carbonyl (C=O) groups excluding carboxylic acids is 1. The Morgan fingerprint density at radius 2 is 1.52 bits per heavy atom. The highest BCUT2D eigenvalue weighted by atomic mass is 16.5. The summed E-state index contributed by atoms with van der Waals surface area (Å²) in [6.45, 7) is 5.41. The maximum absolute atomic E-state index is 13.8. The van der Waals surface area contributed by atoms with E-state index < -0.39 is 0 Å². The number of carbonyl (C=O) groups is 1. The fourth-order valence-corrected chi connectivity index (χ4v) is 3.96. The zero-order valence-electron chi connectivity index (χ0n) is 19.0. The van der Waals surface area contributed by atoms with Crippen LogP contribution in [-0.4, -0.2) is 30.1 Å². The molecule has 1 fully saturated rings. The Balaban J connectivity index is 1.90. The maximum Gasteiger partial charge on any atom is 0.258 e. The third-order valence-corrected chi connectivity index (χ3v) is 5.71. The van der Waals surface area contributed by atoms with Crippen LogP contribution in [0, 0.1) is 0 Å². The topological polar surface area (TPSA) is 51.7 Å². The van der Waals surface area contributed by atoms with Gasteiger partial charge in [0.1, 0.15) is 0 Å². The summed E-state index contributed by atoms with van der Waals surface area (Å²) in [4.78, 5) is 20.3. The van der Waals surface area contributed by atoms with Gasteiger partial charge in [-0.1, -0.05) is 64.2 Å². The molecule has 0 aliphatic heterocycles. The number of amides is 1. The highest BCUT2D eigenvalue weighted by molar-refractivity contribution is 6.06. The Morgan fingerprint density at radius 3 is 2.06 bits per heavy atom. The van der Waals surface area contributed by atoms with Crippen molar-refractivity contribution < 1.29 is 14.3 Å². The second-order valence-corrected chi connectivity index (χ2v) is 8.24. The van der Waals surface area contributed by atoms with Gasteiger partial charge in [-0.15, -0.1) is 0 Å². The summed E-state index contributed by atoms with van der Waals surface area (Å²) in [6.07, 6.45) is 9.62. The Kier molecular flexibility index (Phi) is 9.19. The molecule has 1 saturated carbocycles. The molecule has 0 N–H and O–H groups in total. The van der Waals surface area contributed by atoms with Gasteiger partial charge < -0.3 is 14.4 Å². The minimum absolute atomic E-state index is 0.0128. The first-order chi connectivity index (χ1) is 15.2. The first-order valence-corrected chi connectivity index (χ1v) is 11.9. The number of unbranched alkanes of at least 4 members (excludes halogenated alkanes) is 2. The molecule has 5 nitrogen and oxygen atoms in total. The van der Waals surface area contributed by atoms with E-state index in [1.54, 1.807) is 12.1 Å². The molecule has 0 spiro atoms. The zero-order valence-corrected chi connectivity index (χ0v) is 19.0. The van der Waals surface area contributed by atoms with Crippen molar-refractivity contribution in [3.05, 3.63) is 48.0 Å². The Hall–Kier alpha value is -2.56. The average molecular weight is 425 g/mol. The third kappa shape index (κ3) is 6.71. The lowest BCUT2D eigenvalue weighted by atomic mass is 9.93. The summed E-state index contributed by atoms with van der Waals surface area (Å²) < 4.78 is 11.7. The van der Waals surface area contributed by atoms with Gasteiger partial charge in [0.25, 0.3) is 5.91 Å². The lowest BCUT2D eigenvalue weighted by Gasteiger charge is -2.34. The summed E-state index contributed by atoms with van der Waals surface area (Å²) in [5.74, 6) is 0.908. The summed E-state index contributed by atoms with van der Waals surface area (Å²) in [5, 5.41) is 0. The zero-order chi connectivity index (χ0) is 21.9. The van der Waals surface area contributed by atoms with Crippen molar-refractivity contribution in [2.24, 2.45) is 0 Å². The van der Waals surface area contributed by atoms with Crippen LogP contribution in [0.4, 0.5) is 5.69 Å². The number of benzene rings is 1. The van der Waals surface area contributed by atoms with Crippen molar-refractivity contribution in [2.45, 2.75) is 77.7 Å². The van der Waals surface area contributed by atoms with Crippen LogP contribution >= 0.6 is 0 Å². The van der Waals surface area contributed by atoms with E-state index in [2.05, 4.69) is 18.8 Å². The van der Waals surface area contributed by atoms with Gasteiger partial charge in [-0.25, -0.2) is 0 Å². The standard InChI is InChI=1S/C26H36N2O3/c1-3-5-17-30-24-19-21(20-25(27-24)31-18-6-4-2)26(29)28(22-13-9-7-10-14-22)23-15-11-8-12-16-23/h7,9-10,13-14,19-20,23H,3-6,8,11-12,15-18H2,1-2H3. The number of aromatic nitrogens is 1. The number of anilines is 1. The smallest absolute Gasteiger partial charge is 0.258 e. The maximum atomic E-state index is 13.8. The van der Waals surface area contributed by atoms with Crippen LogP contribution in [-0.2, 0) is 0 Å². The molecule has 5 heteroatoms. The number of nitrogens with zero attached hydrogens (tertiary/aromatic N) is 2. The molecule has 1 amide bonds. The minimum Gasteiger partial charge on any atom is -0.478 e.